The van der Waals surface area contributed by atoms with Crippen LogP contribution in [0.25, 0.3) is 0 Å². The van der Waals surface area contributed by atoms with E-state index < -0.39 is 11.7 Å². The number of rotatable bonds is 4. The predicted molar refractivity (Wildman–Crippen MR) is 88.6 cm³/mol. The maximum Gasteiger partial charge on any atom is 0.417 e. The standard InChI is InChI=1S/C15H13ClF3N3S/c16-13-4-3-11(8-12(13)15(17,18)19)22-14(23)21-7-5-10-2-1-6-20-9-10/h1-4,6,8-9H,5,7H2,(H2,21,22,23). The number of halogens is 4. The molecule has 0 saturated carbocycles. The van der Waals surface area contributed by atoms with Crippen molar-refractivity contribution in [2.24, 2.45) is 0 Å². The zero-order chi connectivity index (χ0) is 16.9. The number of anilines is 1. The molecule has 0 spiro atoms. The Morgan fingerprint density at radius 1 is 1.26 bits per heavy atom. The molecule has 1 aromatic heterocycles. The Bertz CT molecular complexity index is 677. The Hall–Kier alpha value is -1.86. The molecular formula is C15H13ClF3N3S. The largest absolute Gasteiger partial charge is 0.417 e. The van der Waals surface area contributed by atoms with Crippen LogP contribution >= 0.6 is 23.8 Å². The predicted octanol–water partition coefficient (Wildman–Crippen LogP) is 4.28. The van der Waals surface area contributed by atoms with Gasteiger partial charge in [0.05, 0.1) is 10.6 Å². The van der Waals surface area contributed by atoms with Crippen molar-refractivity contribution in [3.63, 3.8) is 0 Å². The zero-order valence-corrected chi connectivity index (χ0v) is 13.4. The van der Waals surface area contributed by atoms with Crippen LogP contribution in [0.2, 0.25) is 5.02 Å². The summed E-state index contributed by atoms with van der Waals surface area (Å²) in [5.74, 6) is 0. The van der Waals surface area contributed by atoms with Crippen LogP contribution in [-0.2, 0) is 12.6 Å². The molecule has 2 rings (SSSR count). The van der Waals surface area contributed by atoms with E-state index in [0.29, 0.717) is 13.0 Å². The fraction of sp³-hybridized carbons (Fsp3) is 0.200. The lowest BCUT2D eigenvalue weighted by Crippen LogP contribution is -2.30. The van der Waals surface area contributed by atoms with E-state index >= 15 is 0 Å². The highest BCUT2D eigenvalue weighted by molar-refractivity contribution is 7.80. The summed E-state index contributed by atoms with van der Waals surface area (Å²) in [5.41, 5.74) is 0.358. The van der Waals surface area contributed by atoms with Crippen LogP contribution in [-0.4, -0.2) is 16.6 Å². The molecule has 0 saturated heterocycles. The van der Waals surface area contributed by atoms with Crippen LogP contribution in [0, 0.1) is 0 Å². The lowest BCUT2D eigenvalue weighted by molar-refractivity contribution is -0.137. The van der Waals surface area contributed by atoms with Crippen LogP contribution in [0.1, 0.15) is 11.1 Å². The lowest BCUT2D eigenvalue weighted by Gasteiger charge is -2.14. The molecule has 2 aromatic rings. The van der Waals surface area contributed by atoms with Gasteiger partial charge in [0.1, 0.15) is 0 Å². The van der Waals surface area contributed by atoms with Gasteiger partial charge in [-0.2, -0.15) is 13.2 Å². The molecule has 0 bridgehead atoms. The molecule has 8 heteroatoms. The van der Waals surface area contributed by atoms with Gasteiger partial charge in [-0.05, 0) is 48.5 Å². The van der Waals surface area contributed by atoms with E-state index in [9.17, 15) is 13.2 Å². The molecule has 23 heavy (non-hydrogen) atoms. The number of nitrogens with one attached hydrogen (secondary N) is 2. The highest BCUT2D eigenvalue weighted by atomic mass is 35.5. The van der Waals surface area contributed by atoms with E-state index in [-0.39, 0.29) is 15.8 Å². The Kier molecular flexibility index (Phi) is 5.79. The van der Waals surface area contributed by atoms with Gasteiger partial charge >= 0.3 is 6.18 Å². The van der Waals surface area contributed by atoms with E-state index in [1.165, 1.54) is 12.1 Å². The van der Waals surface area contributed by atoms with Gasteiger partial charge in [0.25, 0.3) is 0 Å². The monoisotopic (exact) mass is 359 g/mol. The fourth-order valence-electron chi connectivity index (χ4n) is 1.86. The molecule has 0 fully saturated rings. The average Bonchev–Trinajstić information content (AvgIpc) is 2.49. The van der Waals surface area contributed by atoms with Crippen LogP contribution in [0.3, 0.4) is 0 Å². The molecule has 0 radical (unpaired) electrons. The highest BCUT2D eigenvalue weighted by Gasteiger charge is 2.33. The van der Waals surface area contributed by atoms with Gasteiger partial charge in [0.2, 0.25) is 0 Å². The van der Waals surface area contributed by atoms with Crippen molar-refractivity contribution in [3.05, 3.63) is 58.9 Å². The Balaban J connectivity index is 1.90. The number of pyridine rings is 1. The van der Waals surface area contributed by atoms with Gasteiger partial charge in [0, 0.05) is 24.6 Å². The Morgan fingerprint density at radius 3 is 2.70 bits per heavy atom. The summed E-state index contributed by atoms with van der Waals surface area (Å²) >= 11 is 10.6. The molecule has 0 unspecified atom stereocenters. The third kappa shape index (κ3) is 5.37. The molecule has 0 aliphatic heterocycles. The van der Waals surface area contributed by atoms with Crippen LogP contribution in [0.4, 0.5) is 18.9 Å². The summed E-state index contributed by atoms with van der Waals surface area (Å²) in [7, 11) is 0. The van der Waals surface area contributed by atoms with E-state index in [0.717, 1.165) is 11.6 Å². The van der Waals surface area contributed by atoms with Crippen molar-refractivity contribution in [1.82, 2.24) is 10.3 Å². The summed E-state index contributed by atoms with van der Waals surface area (Å²) in [6.07, 6.45) is -0.386. The summed E-state index contributed by atoms with van der Waals surface area (Å²) < 4.78 is 38.4. The first-order valence-corrected chi connectivity index (χ1v) is 7.45. The number of benzene rings is 1. The SMILES string of the molecule is FC(F)(F)c1cc(NC(=S)NCCc2cccnc2)ccc1Cl. The van der Waals surface area contributed by atoms with Gasteiger partial charge in [0.15, 0.2) is 5.11 Å². The maximum atomic E-state index is 12.8. The molecule has 0 aliphatic rings. The number of nitrogens with zero attached hydrogens (tertiary/aromatic N) is 1. The molecule has 2 N–H and O–H groups in total. The minimum Gasteiger partial charge on any atom is -0.362 e. The minimum absolute atomic E-state index is 0.223. The zero-order valence-electron chi connectivity index (χ0n) is 11.8. The quantitative estimate of drug-likeness (QED) is 0.799. The fourth-order valence-corrected chi connectivity index (χ4v) is 2.31. The van der Waals surface area contributed by atoms with Gasteiger partial charge in [-0.3, -0.25) is 4.98 Å². The van der Waals surface area contributed by atoms with Crippen LogP contribution < -0.4 is 10.6 Å². The van der Waals surface area contributed by atoms with E-state index in [1.807, 2.05) is 12.1 Å². The van der Waals surface area contributed by atoms with Crippen molar-refractivity contribution in [2.45, 2.75) is 12.6 Å². The van der Waals surface area contributed by atoms with Crippen molar-refractivity contribution >= 4 is 34.6 Å². The number of hydrogen-bond acceptors (Lipinski definition) is 2. The van der Waals surface area contributed by atoms with E-state index in [1.54, 1.807) is 12.4 Å². The molecule has 1 aromatic carbocycles. The molecular weight excluding hydrogens is 347 g/mol. The molecule has 0 aliphatic carbocycles. The van der Waals surface area contributed by atoms with Gasteiger partial charge < -0.3 is 10.6 Å². The number of thiocarbonyl (C=S) groups is 1. The van der Waals surface area contributed by atoms with E-state index in [4.69, 9.17) is 23.8 Å². The van der Waals surface area contributed by atoms with Crippen molar-refractivity contribution in [2.75, 3.05) is 11.9 Å². The second-order valence-electron chi connectivity index (χ2n) is 4.68. The molecule has 1 heterocycles. The second kappa shape index (κ2) is 7.61. The first-order valence-electron chi connectivity index (χ1n) is 6.67. The third-order valence-electron chi connectivity index (χ3n) is 2.95. The topological polar surface area (TPSA) is 37.0 Å². The Labute approximate surface area is 141 Å². The highest BCUT2D eigenvalue weighted by Crippen LogP contribution is 2.36. The van der Waals surface area contributed by atoms with Crippen molar-refractivity contribution in [3.8, 4) is 0 Å². The van der Waals surface area contributed by atoms with Crippen LogP contribution in [0.15, 0.2) is 42.7 Å². The summed E-state index contributed by atoms with van der Waals surface area (Å²) in [4.78, 5) is 4.00. The smallest absolute Gasteiger partial charge is 0.362 e. The van der Waals surface area contributed by atoms with E-state index in [2.05, 4.69) is 15.6 Å². The number of alkyl halides is 3. The Morgan fingerprint density at radius 2 is 2.04 bits per heavy atom. The van der Waals surface area contributed by atoms with Crippen molar-refractivity contribution < 1.29 is 13.2 Å². The van der Waals surface area contributed by atoms with Gasteiger partial charge in [-0.1, -0.05) is 17.7 Å². The normalized spacial score (nSPS) is 11.1. The van der Waals surface area contributed by atoms with Crippen molar-refractivity contribution in [1.29, 1.82) is 0 Å². The molecule has 0 amide bonds. The first kappa shape index (κ1) is 17.5. The molecule has 0 atom stereocenters. The second-order valence-corrected chi connectivity index (χ2v) is 5.50. The first-order chi connectivity index (χ1) is 10.9. The summed E-state index contributed by atoms with van der Waals surface area (Å²) in [5, 5.41) is 5.54. The molecule has 3 nitrogen and oxygen atoms in total. The average molecular weight is 360 g/mol. The van der Waals surface area contributed by atoms with Gasteiger partial charge in [-0.25, -0.2) is 0 Å². The van der Waals surface area contributed by atoms with Crippen LogP contribution in [0.5, 0.6) is 0 Å². The molecule has 122 valence electrons. The number of hydrogen-bond donors (Lipinski definition) is 2. The minimum atomic E-state index is -4.51. The maximum absolute atomic E-state index is 12.8. The summed E-state index contributed by atoms with van der Waals surface area (Å²) in [6.45, 7) is 0.539. The third-order valence-corrected chi connectivity index (χ3v) is 3.53. The number of aromatic nitrogens is 1. The summed E-state index contributed by atoms with van der Waals surface area (Å²) in [6, 6.07) is 7.31. The lowest BCUT2D eigenvalue weighted by atomic mass is 10.2. The van der Waals surface area contributed by atoms with Gasteiger partial charge in [-0.15, -0.1) is 0 Å².